The lowest BCUT2D eigenvalue weighted by Crippen LogP contribution is -2.38. The minimum Gasteiger partial charge on any atom is -0.379 e. The Balaban J connectivity index is 2.53. The molecule has 5 unspecified atom stereocenters. The van der Waals surface area contributed by atoms with E-state index in [1.165, 1.54) is 6.08 Å². The van der Waals surface area contributed by atoms with Crippen molar-refractivity contribution < 1.29 is 14.4 Å². The van der Waals surface area contributed by atoms with E-state index in [0.717, 1.165) is 19.4 Å². The molecule has 22 heavy (non-hydrogen) atoms. The van der Waals surface area contributed by atoms with Crippen LogP contribution >= 0.6 is 10.5 Å². The number of hydrogen-bond donors (Lipinski definition) is 4. The van der Waals surface area contributed by atoms with Crippen LogP contribution in [0.2, 0.25) is 0 Å². The smallest absolute Gasteiger partial charge is 0.127 e. The summed E-state index contributed by atoms with van der Waals surface area (Å²) in [6, 6.07) is 0.460. The van der Waals surface area contributed by atoms with Crippen molar-refractivity contribution in [3.05, 3.63) is 11.1 Å². The lowest BCUT2D eigenvalue weighted by Gasteiger charge is -2.27. The Morgan fingerprint density at radius 1 is 1.45 bits per heavy atom. The molecule has 0 radical (unpaired) electrons. The summed E-state index contributed by atoms with van der Waals surface area (Å²) < 4.78 is 14.1. The molecule has 0 aromatic rings. The highest BCUT2D eigenvalue weighted by atomic mass is 32.2. The van der Waals surface area contributed by atoms with Crippen molar-refractivity contribution in [2.45, 2.75) is 51.3 Å². The van der Waals surface area contributed by atoms with Crippen LogP contribution in [0.3, 0.4) is 0 Å². The van der Waals surface area contributed by atoms with E-state index in [1.807, 2.05) is 13.2 Å². The number of aliphatic hydroxyl groups is 2. The molecule has 0 aromatic carbocycles. The fourth-order valence-electron chi connectivity index (χ4n) is 2.11. The number of rotatable bonds is 8. The molecule has 1 aliphatic rings. The van der Waals surface area contributed by atoms with Crippen molar-refractivity contribution in [1.82, 2.24) is 10.6 Å². The van der Waals surface area contributed by atoms with E-state index in [0.29, 0.717) is 11.1 Å². The molecule has 1 aliphatic heterocycles. The van der Waals surface area contributed by atoms with E-state index in [4.69, 9.17) is 0 Å². The zero-order valence-corrected chi connectivity index (χ0v) is 15.5. The average Bonchev–Trinajstić information content (AvgIpc) is 2.40. The fraction of sp³-hybridized carbons (Fsp3) is 0.733. The highest BCUT2D eigenvalue weighted by molar-refractivity contribution is 8.33. The third kappa shape index (κ3) is 6.04. The first kappa shape index (κ1) is 19.7. The summed E-state index contributed by atoms with van der Waals surface area (Å²) in [6.07, 6.45) is 4.36. The fourth-order valence-corrected chi connectivity index (χ4v) is 6.06. The van der Waals surface area contributed by atoms with E-state index in [1.54, 1.807) is 4.70 Å². The average molecular weight is 351 g/mol. The predicted molar refractivity (Wildman–Crippen MR) is 99.6 cm³/mol. The van der Waals surface area contributed by atoms with Crippen LogP contribution in [0.5, 0.6) is 0 Å². The van der Waals surface area contributed by atoms with E-state index < -0.39 is 31.7 Å². The molecule has 5 nitrogen and oxygen atoms in total. The minimum atomic E-state index is -2.57. The van der Waals surface area contributed by atoms with Crippen LogP contribution in [0.1, 0.15) is 33.6 Å². The molecule has 1 heterocycles. The maximum absolute atomic E-state index is 12.5. The number of aliphatic hydroxyl groups excluding tert-OH is 2. The third-order valence-electron chi connectivity index (χ3n) is 3.57. The second kappa shape index (κ2) is 8.49. The van der Waals surface area contributed by atoms with Crippen LogP contribution in [-0.2, 0) is 9.52 Å². The Bertz CT molecular complexity index is 527. The summed E-state index contributed by atoms with van der Waals surface area (Å²) in [5, 5.41) is 26.7. The topological polar surface area (TPSA) is 81.6 Å². The van der Waals surface area contributed by atoms with Crippen LogP contribution in [0.25, 0.3) is 0 Å². The standard InChI is InChI=1S/C15H30N2O3S2/c1-11(2)16-8-6-7-12(3)15(19)17-13-9-14(18)21(4)10-22(13,5)20/h9-12,14-19H,5-8H2,1-4H3. The first-order valence-corrected chi connectivity index (χ1v) is 11.1. The van der Waals surface area contributed by atoms with Crippen LogP contribution in [-0.4, -0.2) is 55.5 Å². The second-order valence-electron chi connectivity index (χ2n) is 6.17. The lowest BCUT2D eigenvalue weighted by molar-refractivity contribution is 0.0896. The largest absolute Gasteiger partial charge is 0.379 e. The zero-order chi connectivity index (χ0) is 16.9. The Morgan fingerprint density at radius 3 is 2.68 bits per heavy atom. The molecule has 0 amide bonds. The summed E-state index contributed by atoms with van der Waals surface area (Å²) in [5.41, 5.74) is -0.670. The third-order valence-corrected chi connectivity index (χ3v) is 7.93. The Kier molecular flexibility index (Phi) is 7.61. The molecule has 1 rings (SSSR count). The molecule has 0 spiro atoms. The van der Waals surface area contributed by atoms with Crippen molar-refractivity contribution in [2.75, 3.05) is 12.8 Å². The van der Waals surface area contributed by atoms with Gasteiger partial charge in [-0.3, -0.25) is 4.21 Å². The summed E-state index contributed by atoms with van der Waals surface area (Å²) >= 11 is 0. The van der Waals surface area contributed by atoms with Gasteiger partial charge in [-0.05, 0) is 37.6 Å². The molecule has 0 fully saturated rings. The van der Waals surface area contributed by atoms with E-state index in [2.05, 4.69) is 30.4 Å². The van der Waals surface area contributed by atoms with Crippen molar-refractivity contribution in [2.24, 2.45) is 5.92 Å². The van der Waals surface area contributed by atoms with Crippen molar-refractivity contribution in [3.63, 3.8) is 0 Å². The predicted octanol–water partition coefficient (Wildman–Crippen LogP) is 0.857. The number of nitrogens with one attached hydrogen (secondary N) is 2. The molecule has 0 saturated carbocycles. The van der Waals surface area contributed by atoms with Crippen molar-refractivity contribution in [3.8, 4) is 0 Å². The molecule has 0 aliphatic carbocycles. The van der Waals surface area contributed by atoms with Gasteiger partial charge in [0.25, 0.3) is 0 Å². The van der Waals surface area contributed by atoms with Gasteiger partial charge in [-0.1, -0.05) is 20.8 Å². The molecule has 5 atom stereocenters. The van der Waals surface area contributed by atoms with Crippen LogP contribution in [0.4, 0.5) is 0 Å². The van der Waals surface area contributed by atoms with Gasteiger partial charge in [0.05, 0.1) is 5.03 Å². The van der Waals surface area contributed by atoms with Crippen LogP contribution < -0.4 is 10.6 Å². The van der Waals surface area contributed by atoms with Gasteiger partial charge in [0.1, 0.15) is 11.7 Å². The lowest BCUT2D eigenvalue weighted by atomic mass is 10.0. The van der Waals surface area contributed by atoms with E-state index in [-0.39, 0.29) is 5.92 Å². The minimum absolute atomic E-state index is 0.0176. The van der Waals surface area contributed by atoms with Crippen molar-refractivity contribution in [1.29, 1.82) is 0 Å². The zero-order valence-electron chi connectivity index (χ0n) is 13.9. The first-order chi connectivity index (χ1) is 10.1. The molecule has 4 N–H and O–H groups in total. The van der Waals surface area contributed by atoms with Gasteiger partial charge in [-0.2, -0.15) is 0 Å². The highest BCUT2D eigenvalue weighted by Crippen LogP contribution is 2.25. The monoisotopic (exact) mass is 350 g/mol. The Labute approximate surface area is 137 Å². The Morgan fingerprint density at radius 2 is 2.09 bits per heavy atom. The SMILES string of the molecule is C=S1(=O)C=S(C)C(O)C=C1NC(O)C(C)CCCNC(C)C. The van der Waals surface area contributed by atoms with Crippen molar-refractivity contribution >= 4 is 30.6 Å². The second-order valence-corrected chi connectivity index (χ2v) is 10.5. The summed E-state index contributed by atoms with van der Waals surface area (Å²) in [7, 11) is -3.04. The molecular weight excluding hydrogens is 320 g/mol. The normalized spacial score (nSPS) is 31.3. The Hall–Kier alpha value is -0.340. The van der Waals surface area contributed by atoms with Gasteiger partial charge in [0.2, 0.25) is 0 Å². The van der Waals surface area contributed by atoms with E-state index >= 15 is 0 Å². The quantitative estimate of drug-likeness (QED) is 0.297. The van der Waals surface area contributed by atoms with Crippen LogP contribution in [0.15, 0.2) is 11.1 Å². The molecule has 0 bridgehead atoms. The highest BCUT2D eigenvalue weighted by Gasteiger charge is 2.22. The van der Waals surface area contributed by atoms with Gasteiger partial charge in [-0.25, -0.2) is 0 Å². The molecule has 0 saturated heterocycles. The summed E-state index contributed by atoms with van der Waals surface area (Å²) in [6.45, 7) is 7.06. The molecule has 130 valence electrons. The van der Waals surface area contributed by atoms with Gasteiger partial charge < -0.3 is 20.8 Å². The molecule has 0 aromatic heterocycles. The van der Waals surface area contributed by atoms with Gasteiger partial charge in [0.15, 0.2) is 0 Å². The molecular formula is C15H30N2O3S2. The van der Waals surface area contributed by atoms with Gasteiger partial charge in [-0.15, -0.1) is 10.5 Å². The molecule has 7 heteroatoms. The summed E-state index contributed by atoms with van der Waals surface area (Å²) in [4.78, 5) is 0. The van der Waals surface area contributed by atoms with E-state index in [9.17, 15) is 14.4 Å². The maximum atomic E-state index is 12.5. The van der Waals surface area contributed by atoms with Crippen LogP contribution in [0, 0.1) is 5.92 Å². The number of hydrogen-bond acceptors (Lipinski definition) is 5. The summed E-state index contributed by atoms with van der Waals surface area (Å²) in [5.74, 6) is 3.74. The van der Waals surface area contributed by atoms with Gasteiger partial charge in [0, 0.05) is 26.2 Å². The van der Waals surface area contributed by atoms with Gasteiger partial charge >= 0.3 is 0 Å². The first-order valence-electron chi connectivity index (χ1n) is 7.57. The maximum Gasteiger partial charge on any atom is 0.127 e.